The van der Waals surface area contributed by atoms with Crippen molar-refractivity contribution in [3.8, 4) is 0 Å². The molecule has 1 spiro atoms. The van der Waals surface area contributed by atoms with Crippen molar-refractivity contribution in [3.05, 3.63) is 21.8 Å². The first-order valence-electron chi connectivity index (χ1n) is 5.67. The number of amides is 1. The Hall–Kier alpha value is -0.820. The van der Waals surface area contributed by atoms with Crippen molar-refractivity contribution in [3.63, 3.8) is 0 Å². The van der Waals surface area contributed by atoms with E-state index in [4.69, 9.17) is 4.74 Å². The minimum atomic E-state index is -0.474. The number of nitrogens with one attached hydrogen (secondary N) is 2. The van der Waals surface area contributed by atoms with Gasteiger partial charge in [0.15, 0.2) is 0 Å². The third kappa shape index (κ3) is 1.91. The summed E-state index contributed by atoms with van der Waals surface area (Å²) in [4.78, 5) is 12.2. The number of fused-ring (bicyclic) bond motifs is 1. The van der Waals surface area contributed by atoms with E-state index < -0.39 is 5.54 Å². The van der Waals surface area contributed by atoms with E-state index >= 15 is 0 Å². The van der Waals surface area contributed by atoms with E-state index in [1.54, 1.807) is 0 Å². The van der Waals surface area contributed by atoms with Gasteiger partial charge in [-0.05, 0) is 40.8 Å². The van der Waals surface area contributed by atoms with Crippen LogP contribution in [0.5, 0.6) is 0 Å². The average Bonchev–Trinajstić information content (AvgIpc) is 2.33. The van der Waals surface area contributed by atoms with Gasteiger partial charge in [-0.25, -0.2) is 0 Å². The lowest BCUT2D eigenvalue weighted by molar-refractivity contribution is -0.123. The SMILES string of the molecule is O=C1Nc2cc(I)ccc2NC12CCOCC2. The van der Waals surface area contributed by atoms with Crippen LogP contribution in [-0.4, -0.2) is 24.7 Å². The molecule has 0 aromatic heterocycles. The van der Waals surface area contributed by atoms with E-state index in [-0.39, 0.29) is 5.91 Å². The summed E-state index contributed by atoms with van der Waals surface area (Å²) in [5.74, 6) is 0.0651. The van der Waals surface area contributed by atoms with Crippen LogP contribution in [0.25, 0.3) is 0 Å². The van der Waals surface area contributed by atoms with Crippen molar-refractivity contribution in [1.82, 2.24) is 0 Å². The van der Waals surface area contributed by atoms with Crippen LogP contribution < -0.4 is 10.6 Å². The summed E-state index contributed by atoms with van der Waals surface area (Å²) < 4.78 is 6.45. The summed E-state index contributed by atoms with van der Waals surface area (Å²) in [6, 6.07) is 6.04. The summed E-state index contributed by atoms with van der Waals surface area (Å²) in [5.41, 5.74) is 1.41. The van der Waals surface area contributed by atoms with Crippen LogP contribution in [0.4, 0.5) is 11.4 Å². The minimum Gasteiger partial charge on any atom is -0.381 e. The number of carbonyl (C=O) groups excluding carboxylic acids is 1. The molecule has 3 rings (SSSR count). The Balaban J connectivity index is 1.97. The van der Waals surface area contributed by atoms with E-state index in [0.29, 0.717) is 13.2 Å². The molecule has 0 bridgehead atoms. The highest BCUT2D eigenvalue weighted by Crippen LogP contribution is 2.36. The Morgan fingerprint density at radius 2 is 2.00 bits per heavy atom. The van der Waals surface area contributed by atoms with Gasteiger partial charge < -0.3 is 15.4 Å². The highest BCUT2D eigenvalue weighted by molar-refractivity contribution is 14.1. The van der Waals surface area contributed by atoms with E-state index in [0.717, 1.165) is 27.8 Å². The zero-order valence-electron chi connectivity index (χ0n) is 9.25. The van der Waals surface area contributed by atoms with Gasteiger partial charge >= 0.3 is 0 Å². The molecular weight excluding hydrogens is 331 g/mol. The summed E-state index contributed by atoms with van der Waals surface area (Å²) in [7, 11) is 0. The number of rotatable bonds is 0. The third-order valence-electron chi connectivity index (χ3n) is 3.38. The van der Waals surface area contributed by atoms with Crippen molar-refractivity contribution in [1.29, 1.82) is 0 Å². The normalized spacial score (nSPS) is 21.6. The Kier molecular flexibility index (Phi) is 2.74. The maximum absolute atomic E-state index is 12.2. The van der Waals surface area contributed by atoms with Crippen molar-refractivity contribution in [2.45, 2.75) is 18.4 Å². The smallest absolute Gasteiger partial charge is 0.250 e. The molecule has 5 heteroatoms. The second-order valence-electron chi connectivity index (χ2n) is 4.46. The molecule has 2 heterocycles. The van der Waals surface area contributed by atoms with E-state index in [1.165, 1.54) is 0 Å². The molecule has 0 unspecified atom stereocenters. The molecule has 1 amide bonds. The number of hydrogen-bond donors (Lipinski definition) is 2. The topological polar surface area (TPSA) is 50.4 Å². The molecule has 90 valence electrons. The first kappa shape index (κ1) is 11.3. The van der Waals surface area contributed by atoms with Crippen LogP contribution in [-0.2, 0) is 9.53 Å². The van der Waals surface area contributed by atoms with Gasteiger partial charge in [0.1, 0.15) is 5.54 Å². The van der Waals surface area contributed by atoms with Gasteiger partial charge in [0.25, 0.3) is 0 Å². The molecule has 1 fully saturated rings. The molecule has 2 aliphatic rings. The molecule has 2 aliphatic heterocycles. The van der Waals surface area contributed by atoms with Gasteiger partial charge in [0.2, 0.25) is 5.91 Å². The van der Waals surface area contributed by atoms with Crippen molar-refractivity contribution in [2.24, 2.45) is 0 Å². The maximum Gasteiger partial charge on any atom is 0.250 e. The summed E-state index contributed by atoms with van der Waals surface area (Å²) in [5, 5.41) is 6.39. The zero-order chi connectivity index (χ0) is 11.9. The molecule has 0 radical (unpaired) electrons. The lowest BCUT2D eigenvalue weighted by atomic mass is 9.86. The first-order valence-corrected chi connectivity index (χ1v) is 6.74. The predicted molar refractivity (Wildman–Crippen MR) is 74.2 cm³/mol. The summed E-state index contributed by atoms with van der Waals surface area (Å²) in [6.45, 7) is 1.28. The fourth-order valence-electron chi connectivity index (χ4n) is 2.36. The fraction of sp³-hybridized carbons (Fsp3) is 0.417. The van der Waals surface area contributed by atoms with Crippen molar-refractivity contribution < 1.29 is 9.53 Å². The second-order valence-corrected chi connectivity index (χ2v) is 5.71. The molecule has 1 saturated heterocycles. The van der Waals surface area contributed by atoms with Crippen LogP contribution in [0.1, 0.15) is 12.8 Å². The van der Waals surface area contributed by atoms with Gasteiger partial charge in [-0.2, -0.15) is 0 Å². The van der Waals surface area contributed by atoms with Crippen molar-refractivity contribution in [2.75, 3.05) is 23.8 Å². The Labute approximate surface area is 113 Å². The highest BCUT2D eigenvalue weighted by Gasteiger charge is 2.43. The molecule has 4 nitrogen and oxygen atoms in total. The van der Waals surface area contributed by atoms with Gasteiger partial charge in [-0.15, -0.1) is 0 Å². The van der Waals surface area contributed by atoms with Crippen LogP contribution >= 0.6 is 22.6 Å². The van der Waals surface area contributed by atoms with Gasteiger partial charge in [0, 0.05) is 29.6 Å². The zero-order valence-corrected chi connectivity index (χ0v) is 11.4. The van der Waals surface area contributed by atoms with Crippen LogP contribution in [0, 0.1) is 3.57 Å². The second kappa shape index (κ2) is 4.13. The minimum absolute atomic E-state index is 0.0651. The number of benzene rings is 1. The van der Waals surface area contributed by atoms with E-state index in [2.05, 4.69) is 33.2 Å². The number of halogens is 1. The largest absolute Gasteiger partial charge is 0.381 e. The van der Waals surface area contributed by atoms with Gasteiger partial charge in [-0.1, -0.05) is 0 Å². The molecule has 1 aromatic rings. The number of hydrogen-bond acceptors (Lipinski definition) is 3. The Morgan fingerprint density at radius 3 is 2.76 bits per heavy atom. The Bertz CT molecular complexity index is 470. The maximum atomic E-state index is 12.2. The van der Waals surface area contributed by atoms with Crippen LogP contribution in [0.3, 0.4) is 0 Å². The number of carbonyl (C=O) groups is 1. The van der Waals surface area contributed by atoms with E-state index in [1.807, 2.05) is 18.2 Å². The quantitative estimate of drug-likeness (QED) is 0.710. The van der Waals surface area contributed by atoms with Crippen LogP contribution in [0.15, 0.2) is 18.2 Å². The number of ether oxygens (including phenoxy) is 1. The summed E-state index contributed by atoms with van der Waals surface area (Å²) in [6.07, 6.45) is 1.45. The lowest BCUT2D eigenvalue weighted by Gasteiger charge is -2.41. The molecule has 0 aliphatic carbocycles. The molecule has 0 saturated carbocycles. The lowest BCUT2D eigenvalue weighted by Crippen LogP contribution is -2.55. The average molecular weight is 344 g/mol. The molecular formula is C12H13IN2O2. The van der Waals surface area contributed by atoms with Gasteiger partial charge in [-0.3, -0.25) is 4.79 Å². The highest BCUT2D eigenvalue weighted by atomic mass is 127. The first-order chi connectivity index (χ1) is 8.20. The summed E-state index contributed by atoms with van der Waals surface area (Å²) >= 11 is 2.24. The Morgan fingerprint density at radius 1 is 1.24 bits per heavy atom. The molecule has 17 heavy (non-hydrogen) atoms. The monoisotopic (exact) mass is 344 g/mol. The third-order valence-corrected chi connectivity index (χ3v) is 4.06. The molecule has 0 atom stereocenters. The fourth-order valence-corrected chi connectivity index (χ4v) is 2.85. The van der Waals surface area contributed by atoms with Crippen molar-refractivity contribution >= 4 is 39.9 Å². The van der Waals surface area contributed by atoms with Crippen LogP contribution in [0.2, 0.25) is 0 Å². The standard InChI is InChI=1S/C12H13IN2O2/c13-8-1-2-9-10(7-8)14-11(16)12(15-9)3-5-17-6-4-12/h1-2,7,15H,3-6H2,(H,14,16). The predicted octanol–water partition coefficient (Wildman–Crippen LogP) is 2.20. The number of anilines is 2. The molecule has 2 N–H and O–H groups in total. The molecule has 1 aromatic carbocycles. The van der Waals surface area contributed by atoms with Gasteiger partial charge in [0.05, 0.1) is 11.4 Å². The van der Waals surface area contributed by atoms with E-state index in [9.17, 15) is 4.79 Å².